The lowest BCUT2D eigenvalue weighted by Crippen LogP contribution is -2.08. The van der Waals surface area contributed by atoms with Crippen LogP contribution in [0.25, 0.3) is 0 Å². The van der Waals surface area contributed by atoms with Gasteiger partial charge in [-0.15, -0.1) is 0 Å². The molecular weight excluding hydrogens is 304 g/mol. The van der Waals surface area contributed by atoms with Gasteiger partial charge in [0.25, 0.3) is 0 Å². The van der Waals surface area contributed by atoms with Gasteiger partial charge in [-0.3, -0.25) is 0 Å². The summed E-state index contributed by atoms with van der Waals surface area (Å²) >= 11 is 5.28. The molecule has 1 rings (SSSR count). The Labute approximate surface area is 146 Å². The number of benzene rings is 1. The highest BCUT2D eigenvalue weighted by molar-refractivity contribution is 7.80. The fourth-order valence-electron chi connectivity index (χ4n) is 2.60. The topological polar surface area (TPSA) is 61.3 Å². The molecule has 1 aromatic rings. The van der Waals surface area contributed by atoms with Crippen molar-refractivity contribution in [2.75, 3.05) is 18.1 Å². The zero-order chi connectivity index (χ0) is 16.9. The molecular formula is C19H32N2OS. The molecule has 0 radical (unpaired) electrons. The van der Waals surface area contributed by atoms with E-state index in [2.05, 4.69) is 6.92 Å². The van der Waals surface area contributed by atoms with E-state index in [9.17, 15) is 0 Å². The summed E-state index contributed by atoms with van der Waals surface area (Å²) in [5.74, 6) is 0. The number of hydrogen-bond acceptors (Lipinski definition) is 4. The number of rotatable bonds is 12. The highest BCUT2D eigenvalue weighted by atomic mass is 32.1. The first-order valence-corrected chi connectivity index (χ1v) is 9.38. The maximum atomic E-state index is 5.90. The minimum atomic E-state index is 0.471. The Hall–Kier alpha value is -1.29. The van der Waals surface area contributed by atoms with Crippen LogP contribution in [0.3, 0.4) is 0 Å². The van der Waals surface area contributed by atoms with Gasteiger partial charge in [0.05, 0.1) is 12.2 Å². The van der Waals surface area contributed by atoms with E-state index in [1.54, 1.807) is 12.1 Å². The molecule has 4 heteroatoms. The van der Waals surface area contributed by atoms with E-state index in [1.165, 1.54) is 57.8 Å². The van der Waals surface area contributed by atoms with E-state index in [4.69, 9.17) is 28.4 Å². The molecule has 0 bridgehead atoms. The van der Waals surface area contributed by atoms with Gasteiger partial charge < -0.3 is 16.2 Å². The Kier molecular flexibility index (Phi) is 10.5. The maximum absolute atomic E-state index is 5.90. The molecule has 3 nitrogen and oxygen atoms in total. The van der Waals surface area contributed by atoms with Crippen LogP contribution in [0.2, 0.25) is 0 Å². The Morgan fingerprint density at radius 3 is 2.04 bits per heavy atom. The van der Waals surface area contributed by atoms with Crippen molar-refractivity contribution in [2.45, 2.75) is 71.1 Å². The van der Waals surface area contributed by atoms with Crippen LogP contribution in [-0.2, 0) is 4.74 Å². The summed E-state index contributed by atoms with van der Waals surface area (Å²) in [6.07, 6.45) is 13.1. The van der Waals surface area contributed by atoms with Crippen molar-refractivity contribution >= 4 is 28.6 Å². The molecule has 0 amide bonds. The quantitative estimate of drug-likeness (QED) is 0.302. The van der Waals surface area contributed by atoms with E-state index < -0.39 is 0 Å². The van der Waals surface area contributed by atoms with E-state index >= 15 is 0 Å². The Morgan fingerprint density at radius 2 is 1.48 bits per heavy atom. The van der Waals surface area contributed by atoms with E-state index in [0.717, 1.165) is 12.0 Å². The summed E-state index contributed by atoms with van der Waals surface area (Å²) in [5.41, 5.74) is 13.6. The summed E-state index contributed by atoms with van der Waals surface area (Å²) in [7, 11) is 0. The van der Waals surface area contributed by atoms with Gasteiger partial charge in [-0.2, -0.15) is 0 Å². The first-order valence-electron chi connectivity index (χ1n) is 8.97. The lowest BCUT2D eigenvalue weighted by atomic mass is 10.1. The van der Waals surface area contributed by atoms with Crippen molar-refractivity contribution in [3.63, 3.8) is 0 Å². The third kappa shape index (κ3) is 8.80. The van der Waals surface area contributed by atoms with Crippen molar-refractivity contribution in [1.82, 2.24) is 0 Å². The summed E-state index contributed by atoms with van der Waals surface area (Å²) in [4.78, 5) is 0. The first kappa shape index (κ1) is 19.8. The predicted molar refractivity (Wildman–Crippen MR) is 105 cm³/mol. The molecule has 0 unspecified atom stereocenters. The highest BCUT2D eigenvalue weighted by Crippen LogP contribution is 2.17. The van der Waals surface area contributed by atoms with Crippen LogP contribution in [0.5, 0.6) is 0 Å². The molecule has 23 heavy (non-hydrogen) atoms. The van der Waals surface area contributed by atoms with Crippen molar-refractivity contribution in [1.29, 1.82) is 0 Å². The number of anilines is 2. The second-order valence-corrected chi connectivity index (χ2v) is 6.54. The van der Waals surface area contributed by atoms with Gasteiger partial charge in [-0.25, -0.2) is 0 Å². The summed E-state index contributed by atoms with van der Waals surface area (Å²) in [6.45, 7) is 2.93. The smallest absolute Gasteiger partial charge is 0.193 e. The normalized spacial score (nSPS) is 10.7. The molecule has 0 aliphatic carbocycles. The van der Waals surface area contributed by atoms with Gasteiger partial charge in [0, 0.05) is 11.4 Å². The molecule has 0 spiro atoms. The van der Waals surface area contributed by atoms with Crippen LogP contribution < -0.4 is 11.5 Å². The van der Waals surface area contributed by atoms with Crippen molar-refractivity contribution in [2.24, 2.45) is 0 Å². The van der Waals surface area contributed by atoms with Crippen molar-refractivity contribution < 1.29 is 4.74 Å². The van der Waals surface area contributed by atoms with Gasteiger partial charge in [-0.1, -0.05) is 64.7 Å². The average Bonchev–Trinajstić information content (AvgIpc) is 2.52. The number of thiocarbonyl (C=S) groups is 1. The van der Waals surface area contributed by atoms with Crippen molar-refractivity contribution in [3.8, 4) is 0 Å². The molecule has 0 saturated heterocycles. The predicted octanol–water partition coefficient (Wildman–Crippen LogP) is 5.46. The minimum Gasteiger partial charge on any atom is -0.483 e. The third-order valence-corrected chi connectivity index (χ3v) is 4.36. The maximum Gasteiger partial charge on any atom is 0.193 e. The molecule has 0 aliphatic rings. The Bertz CT molecular complexity index is 463. The van der Waals surface area contributed by atoms with Gasteiger partial charge in [-0.05, 0) is 36.8 Å². The summed E-state index contributed by atoms with van der Waals surface area (Å²) in [5, 5.41) is 0.471. The van der Waals surface area contributed by atoms with Crippen LogP contribution in [0.4, 0.5) is 11.4 Å². The number of nitrogen functional groups attached to an aromatic ring is 2. The number of ether oxygens (including phenoxy) is 1. The minimum absolute atomic E-state index is 0.471. The van der Waals surface area contributed by atoms with E-state index in [-0.39, 0.29) is 0 Å². The molecule has 0 atom stereocenters. The standard InChI is InChI=1S/C19H32N2OS/c1-2-3-4-5-6-7-8-9-10-11-14-22-19(23)17-13-12-16(20)15-18(17)21/h12-13,15H,2-11,14,20-21H2,1H3. The fourth-order valence-corrected chi connectivity index (χ4v) is 2.87. The van der Waals surface area contributed by atoms with Gasteiger partial charge >= 0.3 is 0 Å². The van der Waals surface area contributed by atoms with Crippen LogP contribution in [-0.4, -0.2) is 11.7 Å². The number of nitrogens with two attached hydrogens (primary N) is 2. The largest absolute Gasteiger partial charge is 0.483 e. The molecule has 0 aliphatic heterocycles. The molecule has 0 heterocycles. The molecule has 0 fully saturated rings. The first-order chi connectivity index (χ1) is 11.1. The third-order valence-electron chi connectivity index (χ3n) is 4.03. The highest BCUT2D eigenvalue weighted by Gasteiger charge is 2.06. The summed E-state index contributed by atoms with van der Waals surface area (Å²) < 4.78 is 5.63. The van der Waals surface area contributed by atoms with E-state index in [1.807, 2.05) is 6.07 Å². The molecule has 130 valence electrons. The fraction of sp³-hybridized carbons (Fsp3) is 0.632. The monoisotopic (exact) mass is 336 g/mol. The van der Waals surface area contributed by atoms with Gasteiger partial charge in [0.1, 0.15) is 0 Å². The molecule has 1 aromatic carbocycles. The number of unbranched alkanes of at least 4 members (excludes halogenated alkanes) is 9. The molecule has 0 aromatic heterocycles. The molecule has 4 N–H and O–H groups in total. The zero-order valence-corrected chi connectivity index (χ0v) is 15.3. The average molecular weight is 337 g/mol. The molecule has 0 saturated carbocycles. The van der Waals surface area contributed by atoms with Gasteiger partial charge in [0.2, 0.25) is 0 Å². The lowest BCUT2D eigenvalue weighted by molar-refractivity contribution is 0.300. The lowest BCUT2D eigenvalue weighted by Gasteiger charge is -2.10. The zero-order valence-electron chi connectivity index (χ0n) is 14.5. The van der Waals surface area contributed by atoms with Crippen LogP contribution in [0.15, 0.2) is 18.2 Å². The van der Waals surface area contributed by atoms with Gasteiger partial charge in [0.15, 0.2) is 5.05 Å². The number of hydrogen-bond donors (Lipinski definition) is 2. The Morgan fingerprint density at radius 1 is 0.913 bits per heavy atom. The second kappa shape index (κ2) is 12.2. The van der Waals surface area contributed by atoms with Crippen molar-refractivity contribution in [3.05, 3.63) is 23.8 Å². The van der Waals surface area contributed by atoms with E-state index in [0.29, 0.717) is 23.0 Å². The Balaban J connectivity index is 2.01. The second-order valence-electron chi connectivity index (χ2n) is 6.16. The SMILES string of the molecule is CCCCCCCCCCCCOC(=S)c1ccc(N)cc1N. The van der Waals surface area contributed by atoms with Crippen LogP contribution >= 0.6 is 12.2 Å². The van der Waals surface area contributed by atoms with Crippen LogP contribution in [0.1, 0.15) is 76.7 Å². The summed E-state index contributed by atoms with van der Waals surface area (Å²) in [6, 6.07) is 5.33. The van der Waals surface area contributed by atoms with Crippen LogP contribution in [0, 0.1) is 0 Å².